The summed E-state index contributed by atoms with van der Waals surface area (Å²) in [5, 5.41) is 12.5. The number of aromatic hydroxyl groups is 1. The zero-order valence-electron chi connectivity index (χ0n) is 13.6. The third-order valence-corrected chi connectivity index (χ3v) is 5.27. The Morgan fingerprint density at radius 1 is 1.08 bits per heavy atom. The smallest absolute Gasteiger partial charge is 0.265 e. The first-order chi connectivity index (χ1) is 11.5. The molecule has 2 aromatic carbocycles. The van der Waals surface area contributed by atoms with Crippen LogP contribution in [0.5, 0.6) is 5.75 Å². The van der Waals surface area contributed by atoms with Gasteiger partial charge >= 0.3 is 0 Å². The fourth-order valence-corrected chi connectivity index (χ4v) is 4.15. The van der Waals surface area contributed by atoms with Gasteiger partial charge in [0, 0.05) is 23.3 Å². The van der Waals surface area contributed by atoms with Crippen molar-refractivity contribution in [3.63, 3.8) is 0 Å². The highest BCUT2D eigenvalue weighted by Crippen LogP contribution is 2.35. The van der Waals surface area contributed by atoms with Crippen molar-refractivity contribution in [1.82, 2.24) is 0 Å². The van der Waals surface area contributed by atoms with Gasteiger partial charge in [-0.25, -0.2) is 8.42 Å². The summed E-state index contributed by atoms with van der Waals surface area (Å²) in [5.41, 5.74) is 2.26. The molecular formula is C16H16Cl2N2O4S. The van der Waals surface area contributed by atoms with E-state index in [9.17, 15) is 18.3 Å². The molecule has 0 aliphatic heterocycles. The van der Waals surface area contributed by atoms with Gasteiger partial charge in [0.1, 0.15) is 4.90 Å². The molecule has 0 bridgehead atoms. The first-order valence-corrected chi connectivity index (χ1v) is 9.35. The summed E-state index contributed by atoms with van der Waals surface area (Å²) in [6.45, 7) is 4.87. The Bertz CT molecular complexity index is 936. The molecule has 1 amide bonds. The van der Waals surface area contributed by atoms with Crippen LogP contribution >= 0.6 is 23.2 Å². The highest BCUT2D eigenvalue weighted by molar-refractivity contribution is 7.92. The fourth-order valence-electron chi connectivity index (χ4n) is 2.35. The number of carbonyl (C=O) groups excluding carboxylic acids is 1. The minimum Gasteiger partial charge on any atom is -0.505 e. The lowest BCUT2D eigenvalue weighted by Crippen LogP contribution is -2.14. The Balaban J connectivity index is 2.44. The van der Waals surface area contributed by atoms with Crippen LogP contribution in [0.15, 0.2) is 29.2 Å². The van der Waals surface area contributed by atoms with Crippen LogP contribution < -0.4 is 10.0 Å². The van der Waals surface area contributed by atoms with Gasteiger partial charge in [-0.15, -0.1) is 0 Å². The molecule has 0 radical (unpaired) electrons. The number of nitrogens with one attached hydrogen (secondary N) is 2. The lowest BCUT2D eigenvalue weighted by Gasteiger charge is -2.15. The fraction of sp³-hybridized carbons (Fsp3) is 0.188. The molecular weight excluding hydrogens is 387 g/mol. The molecule has 0 unspecified atom stereocenters. The number of hydrogen-bond acceptors (Lipinski definition) is 4. The first-order valence-electron chi connectivity index (χ1n) is 7.11. The molecule has 0 spiro atoms. The lowest BCUT2D eigenvalue weighted by atomic mass is 10.1. The normalized spacial score (nSPS) is 11.2. The third-order valence-electron chi connectivity index (χ3n) is 3.37. The molecule has 0 saturated carbocycles. The molecule has 0 heterocycles. The van der Waals surface area contributed by atoms with Crippen molar-refractivity contribution in [2.24, 2.45) is 0 Å². The zero-order chi connectivity index (χ0) is 18.9. The van der Waals surface area contributed by atoms with Crippen LogP contribution in [0.3, 0.4) is 0 Å². The minimum absolute atomic E-state index is 0.0801. The number of phenols is 1. The van der Waals surface area contributed by atoms with E-state index in [0.717, 1.165) is 6.07 Å². The maximum atomic E-state index is 12.6. The van der Waals surface area contributed by atoms with Crippen LogP contribution in [0.4, 0.5) is 11.4 Å². The first kappa shape index (κ1) is 19.4. The Morgan fingerprint density at radius 3 is 2.16 bits per heavy atom. The Labute approximate surface area is 155 Å². The summed E-state index contributed by atoms with van der Waals surface area (Å²) >= 11 is 11.6. The van der Waals surface area contributed by atoms with Gasteiger partial charge in [0.15, 0.2) is 5.75 Å². The van der Waals surface area contributed by atoms with Crippen LogP contribution in [0.2, 0.25) is 10.0 Å². The van der Waals surface area contributed by atoms with Crippen molar-refractivity contribution >= 4 is 50.5 Å². The number of amides is 1. The van der Waals surface area contributed by atoms with Gasteiger partial charge in [-0.3, -0.25) is 9.52 Å². The topological polar surface area (TPSA) is 95.5 Å². The van der Waals surface area contributed by atoms with Gasteiger partial charge in [-0.05, 0) is 49.2 Å². The summed E-state index contributed by atoms with van der Waals surface area (Å²) in [6, 6.07) is 5.49. The van der Waals surface area contributed by atoms with Crippen molar-refractivity contribution in [2.45, 2.75) is 25.7 Å². The number of halogens is 2. The third kappa shape index (κ3) is 4.36. The second-order valence-corrected chi connectivity index (χ2v) is 8.00. The van der Waals surface area contributed by atoms with Crippen LogP contribution in [-0.4, -0.2) is 19.4 Å². The number of phenolic OH excluding ortho intramolecular Hbond substituents is 1. The van der Waals surface area contributed by atoms with Gasteiger partial charge in [0.05, 0.1) is 5.02 Å². The molecule has 2 aromatic rings. The van der Waals surface area contributed by atoms with Gasteiger partial charge in [0.2, 0.25) is 5.91 Å². The van der Waals surface area contributed by atoms with E-state index in [4.69, 9.17) is 23.2 Å². The molecule has 9 heteroatoms. The van der Waals surface area contributed by atoms with Crippen LogP contribution in [0.1, 0.15) is 18.1 Å². The zero-order valence-corrected chi connectivity index (χ0v) is 16.0. The minimum atomic E-state index is -4.11. The van der Waals surface area contributed by atoms with Crippen LogP contribution in [-0.2, 0) is 14.8 Å². The van der Waals surface area contributed by atoms with E-state index in [1.165, 1.54) is 13.0 Å². The van der Waals surface area contributed by atoms with E-state index in [1.54, 1.807) is 26.0 Å². The van der Waals surface area contributed by atoms with Crippen LogP contribution in [0, 0.1) is 13.8 Å². The summed E-state index contributed by atoms with van der Waals surface area (Å²) < 4.78 is 27.5. The number of anilines is 2. The Hall–Kier alpha value is -1.96. The number of benzene rings is 2. The number of sulfonamides is 1. The lowest BCUT2D eigenvalue weighted by molar-refractivity contribution is -0.114. The molecule has 0 aliphatic rings. The monoisotopic (exact) mass is 402 g/mol. The molecule has 25 heavy (non-hydrogen) atoms. The molecule has 2 rings (SSSR count). The maximum absolute atomic E-state index is 12.6. The van der Waals surface area contributed by atoms with E-state index >= 15 is 0 Å². The van der Waals surface area contributed by atoms with Crippen molar-refractivity contribution in [1.29, 1.82) is 0 Å². The summed E-state index contributed by atoms with van der Waals surface area (Å²) in [6.07, 6.45) is 0. The van der Waals surface area contributed by atoms with E-state index in [-0.39, 0.29) is 21.6 Å². The summed E-state index contributed by atoms with van der Waals surface area (Å²) in [7, 11) is -4.11. The van der Waals surface area contributed by atoms with Gasteiger partial charge in [0.25, 0.3) is 10.0 Å². The average molecular weight is 403 g/mol. The molecule has 0 atom stereocenters. The predicted molar refractivity (Wildman–Crippen MR) is 99.2 cm³/mol. The molecule has 6 nitrogen and oxygen atoms in total. The summed E-state index contributed by atoms with van der Waals surface area (Å²) in [4.78, 5) is 10.8. The van der Waals surface area contributed by atoms with Crippen molar-refractivity contribution in [3.8, 4) is 5.75 Å². The highest BCUT2D eigenvalue weighted by atomic mass is 35.5. The Kier molecular flexibility index (Phi) is 5.51. The number of aryl methyl sites for hydroxylation is 2. The quantitative estimate of drug-likeness (QED) is 0.717. The van der Waals surface area contributed by atoms with Crippen molar-refractivity contribution in [3.05, 3.63) is 45.4 Å². The van der Waals surface area contributed by atoms with Crippen molar-refractivity contribution in [2.75, 3.05) is 10.0 Å². The molecule has 0 aliphatic carbocycles. The molecule has 134 valence electrons. The largest absolute Gasteiger partial charge is 0.505 e. The van der Waals surface area contributed by atoms with E-state index in [1.807, 2.05) is 0 Å². The standard InChI is InChI=1S/C16H16Cl2N2O4S/c1-8-4-12(5-9(2)15(8)19-10(3)21)20-25(23,24)14-7-11(17)6-13(18)16(14)22/h4-7,20,22H,1-3H3,(H,19,21). The van der Waals surface area contributed by atoms with Crippen molar-refractivity contribution < 1.29 is 18.3 Å². The Morgan fingerprint density at radius 2 is 1.64 bits per heavy atom. The number of hydrogen-bond donors (Lipinski definition) is 3. The maximum Gasteiger partial charge on any atom is 0.265 e. The molecule has 0 saturated heterocycles. The average Bonchev–Trinajstić information content (AvgIpc) is 2.46. The van der Waals surface area contributed by atoms with E-state index < -0.39 is 20.7 Å². The SMILES string of the molecule is CC(=O)Nc1c(C)cc(NS(=O)(=O)c2cc(Cl)cc(Cl)c2O)cc1C. The second kappa shape index (κ2) is 7.11. The van der Waals surface area contributed by atoms with E-state index in [0.29, 0.717) is 16.8 Å². The van der Waals surface area contributed by atoms with Gasteiger partial charge < -0.3 is 10.4 Å². The highest BCUT2D eigenvalue weighted by Gasteiger charge is 2.22. The molecule has 3 N–H and O–H groups in total. The van der Waals surface area contributed by atoms with Crippen LogP contribution in [0.25, 0.3) is 0 Å². The molecule has 0 aromatic heterocycles. The number of carbonyl (C=O) groups is 1. The summed E-state index contributed by atoms with van der Waals surface area (Å²) in [5.74, 6) is -0.806. The predicted octanol–water partition coefficient (Wildman–Crippen LogP) is 4.08. The van der Waals surface area contributed by atoms with E-state index in [2.05, 4.69) is 10.0 Å². The van der Waals surface area contributed by atoms with Gasteiger partial charge in [-0.2, -0.15) is 0 Å². The number of rotatable bonds is 4. The molecule has 0 fully saturated rings. The van der Waals surface area contributed by atoms with Gasteiger partial charge in [-0.1, -0.05) is 23.2 Å². The second-order valence-electron chi connectivity index (χ2n) is 5.51.